The Morgan fingerprint density at radius 1 is 0.942 bits per heavy atom. The number of amides is 2. The molecule has 1 saturated heterocycles. The molecule has 0 unspecified atom stereocenters. The molecule has 6 atom stereocenters. The van der Waals surface area contributed by atoms with E-state index in [0.717, 1.165) is 57.8 Å². The fourth-order valence-corrected chi connectivity index (χ4v) is 8.61. The average molecular weight is 723 g/mol. The van der Waals surface area contributed by atoms with E-state index in [1.165, 1.54) is 18.6 Å². The number of likely N-dealkylation sites (tertiary alicyclic amines) is 1. The number of ketones is 4. The Morgan fingerprint density at radius 2 is 1.63 bits per heavy atom. The third-order valence-electron chi connectivity index (χ3n) is 11.3. The molecule has 0 radical (unpaired) electrons. The first kappa shape index (κ1) is 41.4. The van der Waals surface area contributed by atoms with E-state index < -0.39 is 40.9 Å². The van der Waals surface area contributed by atoms with Crippen LogP contribution in [0.1, 0.15) is 142 Å². The minimum absolute atomic E-state index is 0.000416. The van der Waals surface area contributed by atoms with E-state index in [1.54, 1.807) is 4.90 Å². The van der Waals surface area contributed by atoms with Crippen LogP contribution in [0, 0.1) is 35.0 Å². The van der Waals surface area contributed by atoms with E-state index in [2.05, 4.69) is 15.3 Å². The molecule has 52 heavy (non-hydrogen) atoms. The van der Waals surface area contributed by atoms with Crippen LogP contribution < -0.4 is 5.32 Å². The monoisotopic (exact) mass is 722 g/mol. The molecule has 1 aliphatic heterocycles. The number of carbonyl (C=O) groups excluding carboxylic acids is 6. The zero-order chi connectivity index (χ0) is 38.0. The molecule has 4 rings (SSSR count). The van der Waals surface area contributed by atoms with Crippen molar-refractivity contribution >= 4 is 34.9 Å². The van der Waals surface area contributed by atoms with Crippen molar-refractivity contribution in [2.75, 3.05) is 13.2 Å². The van der Waals surface area contributed by atoms with Crippen LogP contribution in [0.25, 0.3) is 0 Å². The number of rotatable bonds is 18. The normalized spacial score (nSPS) is 22.7. The number of hydrogen-bond acceptors (Lipinski definition) is 9. The lowest BCUT2D eigenvalue weighted by atomic mass is 9.76. The first-order valence-corrected chi connectivity index (χ1v) is 19.8. The van der Waals surface area contributed by atoms with E-state index in [0.29, 0.717) is 25.9 Å². The second kappa shape index (κ2) is 19.1. The molecule has 0 spiro atoms. The SMILES string of the molecule is CCC[C@H](CC(=O)[C@@H]1C[C@@H]2CCCC[C@@H]2N1C(=O)[C@@H](NC(=O)[C@@H](CC(=O)c1cnccn1)C1CCCCC1)C(C)(C)C)C(=O)C(=O)COCC(C)C. The second-order valence-corrected chi connectivity index (χ2v) is 17.0. The van der Waals surface area contributed by atoms with Crippen molar-refractivity contribution in [2.24, 2.45) is 35.0 Å². The Balaban J connectivity index is 1.58. The van der Waals surface area contributed by atoms with Crippen LogP contribution in [0.5, 0.6) is 0 Å². The predicted octanol–water partition coefficient (Wildman–Crippen LogP) is 6.12. The van der Waals surface area contributed by atoms with E-state index in [-0.39, 0.29) is 72.3 Å². The lowest BCUT2D eigenvalue weighted by molar-refractivity contribution is -0.147. The molecular weight excluding hydrogens is 660 g/mol. The van der Waals surface area contributed by atoms with Gasteiger partial charge in [-0.15, -0.1) is 0 Å². The van der Waals surface area contributed by atoms with Gasteiger partial charge in [-0.3, -0.25) is 33.8 Å². The van der Waals surface area contributed by atoms with Gasteiger partial charge in [0.25, 0.3) is 0 Å². The average Bonchev–Trinajstić information content (AvgIpc) is 3.52. The summed E-state index contributed by atoms with van der Waals surface area (Å²) in [5.41, 5.74) is -0.492. The van der Waals surface area contributed by atoms with Gasteiger partial charge in [0, 0.05) is 49.7 Å². The molecule has 0 aromatic carbocycles. The summed E-state index contributed by atoms with van der Waals surface area (Å²) in [5.74, 6) is -3.33. The maximum Gasteiger partial charge on any atom is 0.246 e. The van der Waals surface area contributed by atoms with Gasteiger partial charge in [-0.2, -0.15) is 0 Å². The quantitative estimate of drug-likeness (QED) is 0.139. The number of hydrogen-bond donors (Lipinski definition) is 1. The number of nitrogens with zero attached hydrogens (tertiary/aromatic N) is 3. The summed E-state index contributed by atoms with van der Waals surface area (Å²) in [6.07, 6.45) is 14.1. The van der Waals surface area contributed by atoms with Crippen molar-refractivity contribution in [3.05, 3.63) is 24.3 Å². The first-order valence-electron chi connectivity index (χ1n) is 19.8. The zero-order valence-corrected chi connectivity index (χ0v) is 32.4. The molecule has 3 aliphatic rings. The molecule has 11 heteroatoms. The Kier molecular flexibility index (Phi) is 15.2. The fourth-order valence-electron chi connectivity index (χ4n) is 8.61. The third kappa shape index (κ3) is 10.9. The van der Waals surface area contributed by atoms with Crippen molar-refractivity contribution in [3.63, 3.8) is 0 Å². The Bertz CT molecular complexity index is 1400. The molecule has 1 N–H and O–H groups in total. The van der Waals surface area contributed by atoms with Crippen molar-refractivity contribution < 1.29 is 33.5 Å². The number of fused-ring (bicyclic) bond motifs is 1. The highest BCUT2D eigenvalue weighted by molar-refractivity contribution is 6.38. The molecule has 0 bridgehead atoms. The van der Waals surface area contributed by atoms with Crippen molar-refractivity contribution in [3.8, 4) is 0 Å². The van der Waals surface area contributed by atoms with Gasteiger partial charge in [0.1, 0.15) is 18.3 Å². The van der Waals surface area contributed by atoms with Gasteiger partial charge in [0.2, 0.25) is 23.4 Å². The summed E-state index contributed by atoms with van der Waals surface area (Å²) in [6.45, 7) is 11.6. The summed E-state index contributed by atoms with van der Waals surface area (Å²) in [6, 6.07) is -1.83. The van der Waals surface area contributed by atoms with Crippen LogP contribution in [0.4, 0.5) is 0 Å². The Hall–Kier alpha value is -3.34. The zero-order valence-electron chi connectivity index (χ0n) is 32.4. The van der Waals surface area contributed by atoms with Gasteiger partial charge in [-0.05, 0) is 61.7 Å². The maximum atomic E-state index is 14.9. The lowest BCUT2D eigenvalue weighted by Gasteiger charge is -2.40. The van der Waals surface area contributed by atoms with Gasteiger partial charge in [-0.1, -0.05) is 80.1 Å². The van der Waals surface area contributed by atoms with E-state index in [1.807, 2.05) is 41.5 Å². The number of nitrogens with one attached hydrogen (secondary N) is 1. The Labute approximate surface area is 310 Å². The maximum absolute atomic E-state index is 14.9. The Morgan fingerprint density at radius 3 is 2.27 bits per heavy atom. The smallest absolute Gasteiger partial charge is 0.246 e. The first-order chi connectivity index (χ1) is 24.7. The van der Waals surface area contributed by atoms with E-state index in [4.69, 9.17) is 4.74 Å². The largest absolute Gasteiger partial charge is 0.373 e. The van der Waals surface area contributed by atoms with Crippen molar-refractivity contribution in [1.82, 2.24) is 20.2 Å². The molecule has 1 aromatic heterocycles. The van der Waals surface area contributed by atoms with Crippen LogP contribution >= 0.6 is 0 Å². The lowest BCUT2D eigenvalue weighted by Crippen LogP contribution is -2.60. The van der Waals surface area contributed by atoms with E-state index in [9.17, 15) is 28.8 Å². The molecule has 2 saturated carbocycles. The van der Waals surface area contributed by atoms with Crippen LogP contribution in [0.2, 0.25) is 0 Å². The number of Topliss-reactive ketones (excluding diaryl/α,β-unsaturated/α-hetero) is 4. The number of aromatic nitrogens is 2. The topological polar surface area (TPSA) is 153 Å². The molecule has 2 aliphatic carbocycles. The van der Waals surface area contributed by atoms with Crippen molar-refractivity contribution in [2.45, 2.75) is 150 Å². The van der Waals surface area contributed by atoms with Crippen molar-refractivity contribution in [1.29, 1.82) is 0 Å². The summed E-state index contributed by atoms with van der Waals surface area (Å²) in [4.78, 5) is 92.9. The highest BCUT2D eigenvalue weighted by Gasteiger charge is 2.51. The highest BCUT2D eigenvalue weighted by atomic mass is 16.5. The van der Waals surface area contributed by atoms with Crippen LogP contribution in [-0.2, 0) is 28.7 Å². The molecule has 2 amide bonds. The standard InChI is InChI=1S/C41H62N4O7/c1-7-13-29(37(49)36(48)25-52-24-26(2)3)21-35(47)33-20-28-16-11-12-17-32(28)45(33)40(51)38(41(4,5)6)44-39(50)30(27-14-9-8-10-15-27)22-34(46)31-23-42-18-19-43-31/h18-19,23,26-30,32-33,38H,7-17,20-22,24-25H2,1-6H3,(H,44,50)/t28-,29+,30-,32-,33-,38+/m0/s1. The summed E-state index contributed by atoms with van der Waals surface area (Å²) in [5, 5.41) is 3.12. The minimum Gasteiger partial charge on any atom is -0.373 e. The summed E-state index contributed by atoms with van der Waals surface area (Å²) in [7, 11) is 0. The molecule has 3 fully saturated rings. The third-order valence-corrected chi connectivity index (χ3v) is 11.3. The second-order valence-electron chi connectivity index (χ2n) is 17.0. The molecule has 2 heterocycles. The number of ether oxygens (including phenoxy) is 1. The summed E-state index contributed by atoms with van der Waals surface area (Å²) < 4.78 is 5.45. The van der Waals surface area contributed by atoms with Gasteiger partial charge >= 0.3 is 0 Å². The van der Waals surface area contributed by atoms with Crippen LogP contribution in [0.15, 0.2) is 18.6 Å². The van der Waals surface area contributed by atoms with Crippen LogP contribution in [-0.4, -0.2) is 81.2 Å². The summed E-state index contributed by atoms with van der Waals surface area (Å²) >= 11 is 0. The molecule has 288 valence electrons. The minimum atomic E-state index is -0.943. The van der Waals surface area contributed by atoms with Gasteiger partial charge in [0.05, 0.1) is 12.2 Å². The van der Waals surface area contributed by atoms with Crippen LogP contribution in [0.3, 0.4) is 0 Å². The molecular formula is C41H62N4O7. The fraction of sp³-hybridized carbons (Fsp3) is 0.756. The molecule has 1 aromatic rings. The number of carbonyl (C=O) groups is 6. The molecule has 11 nitrogen and oxygen atoms in total. The highest BCUT2D eigenvalue weighted by Crippen LogP contribution is 2.42. The van der Waals surface area contributed by atoms with Gasteiger partial charge in [0.15, 0.2) is 11.6 Å². The van der Waals surface area contributed by atoms with Gasteiger partial charge < -0.3 is 15.0 Å². The predicted molar refractivity (Wildman–Crippen MR) is 197 cm³/mol. The van der Waals surface area contributed by atoms with E-state index >= 15 is 0 Å². The van der Waals surface area contributed by atoms with Gasteiger partial charge in [-0.25, -0.2) is 4.98 Å².